The lowest BCUT2D eigenvalue weighted by Crippen LogP contribution is -2.31. The summed E-state index contributed by atoms with van der Waals surface area (Å²) in [7, 11) is 0. The Labute approximate surface area is 90.1 Å². The quantitative estimate of drug-likeness (QED) is 0.735. The van der Waals surface area contributed by atoms with E-state index >= 15 is 0 Å². The van der Waals surface area contributed by atoms with Crippen molar-refractivity contribution in [1.82, 2.24) is 4.90 Å². The molecule has 15 heavy (non-hydrogen) atoms. The van der Waals surface area contributed by atoms with Gasteiger partial charge in [-0.3, -0.25) is 0 Å². The van der Waals surface area contributed by atoms with E-state index in [0.29, 0.717) is 13.0 Å². The third-order valence-corrected chi connectivity index (χ3v) is 2.44. The maximum absolute atomic E-state index is 9.84. The number of aliphatic imine (C=N–C) groups is 1. The first-order valence-electron chi connectivity index (χ1n) is 5.23. The number of hydrogen-bond donors (Lipinski definition) is 1. The van der Waals surface area contributed by atoms with E-state index in [1.165, 1.54) is 5.56 Å². The van der Waals surface area contributed by atoms with Crippen LogP contribution < -0.4 is 0 Å². The van der Waals surface area contributed by atoms with Gasteiger partial charge in [-0.05, 0) is 10.6 Å². The first-order chi connectivity index (χ1) is 7.34. The molecule has 3 nitrogen and oxygen atoms in total. The summed E-state index contributed by atoms with van der Waals surface area (Å²) in [6.07, 6.45) is 3.23. The third-order valence-electron chi connectivity index (χ3n) is 2.44. The van der Waals surface area contributed by atoms with Gasteiger partial charge in [0.25, 0.3) is 0 Å². The van der Waals surface area contributed by atoms with Gasteiger partial charge >= 0.3 is 6.34 Å². The van der Waals surface area contributed by atoms with Crippen LogP contribution in [0.5, 0.6) is 0 Å². The maximum Gasteiger partial charge on any atom is 0.517 e. The van der Waals surface area contributed by atoms with Crippen LogP contribution in [0.25, 0.3) is 0 Å². The second-order valence-corrected chi connectivity index (χ2v) is 3.77. The molecule has 1 aromatic rings. The second-order valence-electron chi connectivity index (χ2n) is 3.77. The van der Waals surface area contributed by atoms with E-state index in [2.05, 4.69) is 11.3 Å². The SMILES string of the molecule is OC(Cc1ccccc1)CN1[C+]=NCC1. The number of benzene rings is 1. The number of hydrogen-bond acceptors (Lipinski definition) is 3. The lowest BCUT2D eigenvalue weighted by atomic mass is 10.1. The van der Waals surface area contributed by atoms with Gasteiger partial charge in [0.15, 0.2) is 0 Å². The van der Waals surface area contributed by atoms with Gasteiger partial charge in [0.05, 0.1) is 19.2 Å². The van der Waals surface area contributed by atoms with Crippen LogP contribution in [0, 0.1) is 0 Å². The molecule has 0 bridgehead atoms. The molecule has 0 fully saturated rings. The van der Waals surface area contributed by atoms with E-state index in [9.17, 15) is 5.11 Å². The van der Waals surface area contributed by atoms with Crippen LogP contribution in [0.4, 0.5) is 0 Å². The highest BCUT2D eigenvalue weighted by atomic mass is 16.3. The molecule has 1 aromatic carbocycles. The molecule has 1 N–H and O–H groups in total. The van der Waals surface area contributed by atoms with Gasteiger partial charge in [-0.15, -0.1) is 4.90 Å². The molecule has 0 aromatic heterocycles. The van der Waals surface area contributed by atoms with Gasteiger partial charge in [0.1, 0.15) is 6.54 Å². The summed E-state index contributed by atoms with van der Waals surface area (Å²) in [6.45, 7) is 2.31. The summed E-state index contributed by atoms with van der Waals surface area (Å²) in [5.74, 6) is 0. The van der Waals surface area contributed by atoms with Crippen molar-refractivity contribution < 1.29 is 5.11 Å². The zero-order chi connectivity index (χ0) is 10.5. The average Bonchev–Trinajstić information content (AvgIpc) is 2.71. The third kappa shape index (κ3) is 3.01. The van der Waals surface area contributed by atoms with Crippen LogP contribution in [0.15, 0.2) is 35.3 Å². The van der Waals surface area contributed by atoms with Gasteiger partial charge in [0.2, 0.25) is 0 Å². The fourth-order valence-electron chi connectivity index (χ4n) is 1.71. The van der Waals surface area contributed by atoms with Gasteiger partial charge < -0.3 is 5.11 Å². The van der Waals surface area contributed by atoms with Crippen LogP contribution in [0.3, 0.4) is 0 Å². The van der Waals surface area contributed by atoms with E-state index in [1.54, 1.807) is 0 Å². The summed E-state index contributed by atoms with van der Waals surface area (Å²) in [5, 5.41) is 9.84. The zero-order valence-electron chi connectivity index (χ0n) is 8.63. The molecule has 0 spiro atoms. The molecular weight excluding hydrogens is 188 g/mol. The van der Waals surface area contributed by atoms with Gasteiger partial charge in [-0.2, -0.15) is 0 Å². The standard InChI is InChI=1S/C12H15N2O/c15-12(9-14-7-6-13-10-14)8-11-4-2-1-3-5-11/h1-5,12,15H,6-9H2/q+1. The molecule has 0 radical (unpaired) electrons. The molecule has 1 unspecified atom stereocenters. The molecule has 1 aliphatic rings. The van der Waals surface area contributed by atoms with Crippen LogP contribution in [0.2, 0.25) is 0 Å². The van der Waals surface area contributed by atoms with E-state index in [1.807, 2.05) is 35.2 Å². The van der Waals surface area contributed by atoms with Crippen molar-refractivity contribution in [3.05, 3.63) is 35.9 Å². The van der Waals surface area contributed by atoms with Crippen molar-refractivity contribution in [2.45, 2.75) is 12.5 Å². The van der Waals surface area contributed by atoms with E-state index in [-0.39, 0.29) is 6.10 Å². The number of nitrogens with zero attached hydrogens (tertiary/aromatic N) is 2. The molecule has 0 saturated carbocycles. The van der Waals surface area contributed by atoms with E-state index in [0.717, 1.165) is 13.1 Å². The summed E-state index contributed by atoms with van der Waals surface area (Å²) in [4.78, 5) is 5.93. The Bertz CT molecular complexity index is 324. The number of rotatable bonds is 4. The minimum absolute atomic E-state index is 0.340. The highest BCUT2D eigenvalue weighted by Crippen LogP contribution is 2.05. The predicted octanol–water partition coefficient (Wildman–Crippen LogP) is 0.811. The van der Waals surface area contributed by atoms with Crippen LogP contribution in [0.1, 0.15) is 5.56 Å². The molecule has 1 heterocycles. The van der Waals surface area contributed by atoms with E-state index in [4.69, 9.17) is 0 Å². The lowest BCUT2D eigenvalue weighted by molar-refractivity contribution is 0.147. The van der Waals surface area contributed by atoms with Gasteiger partial charge in [0, 0.05) is 6.42 Å². The summed E-state index contributed by atoms with van der Waals surface area (Å²) in [6, 6.07) is 10.0. The molecule has 0 saturated heterocycles. The van der Waals surface area contributed by atoms with Crippen molar-refractivity contribution in [2.24, 2.45) is 4.99 Å². The Morgan fingerprint density at radius 3 is 2.87 bits per heavy atom. The monoisotopic (exact) mass is 203 g/mol. The fourth-order valence-corrected chi connectivity index (χ4v) is 1.71. The number of β-amino-alcohol motifs (C(OH)–C–C–N with tert-alkyl or cyclic N) is 1. The van der Waals surface area contributed by atoms with Crippen molar-refractivity contribution in [1.29, 1.82) is 0 Å². The van der Waals surface area contributed by atoms with Crippen molar-refractivity contribution >= 4 is 6.34 Å². The molecule has 3 heteroatoms. The topological polar surface area (TPSA) is 35.8 Å². The van der Waals surface area contributed by atoms with Crippen LogP contribution >= 0.6 is 0 Å². The van der Waals surface area contributed by atoms with Gasteiger partial charge in [-0.25, -0.2) is 0 Å². The largest absolute Gasteiger partial charge is 0.517 e. The Hall–Kier alpha value is -1.44. The minimum Gasteiger partial charge on any atom is -0.391 e. The van der Waals surface area contributed by atoms with Crippen LogP contribution in [-0.2, 0) is 6.42 Å². The Kier molecular flexibility index (Phi) is 3.28. The van der Waals surface area contributed by atoms with Crippen molar-refractivity contribution in [3.63, 3.8) is 0 Å². The average molecular weight is 203 g/mol. The van der Waals surface area contributed by atoms with Crippen molar-refractivity contribution in [2.75, 3.05) is 19.6 Å². The normalized spacial score (nSPS) is 16.5. The summed E-state index contributed by atoms with van der Waals surface area (Å²) in [5.41, 5.74) is 1.17. The Morgan fingerprint density at radius 2 is 2.20 bits per heavy atom. The summed E-state index contributed by atoms with van der Waals surface area (Å²) >= 11 is 0. The Balaban J connectivity index is 1.82. The molecule has 0 aliphatic carbocycles. The molecule has 2 rings (SSSR count). The first-order valence-corrected chi connectivity index (χ1v) is 5.23. The predicted molar refractivity (Wildman–Crippen MR) is 60.0 cm³/mol. The fraction of sp³-hybridized carbons (Fsp3) is 0.417. The molecule has 1 atom stereocenters. The lowest BCUT2D eigenvalue weighted by Gasteiger charge is -2.11. The van der Waals surface area contributed by atoms with E-state index < -0.39 is 0 Å². The molecule has 78 valence electrons. The number of aliphatic hydroxyl groups is 1. The Morgan fingerprint density at radius 1 is 1.40 bits per heavy atom. The second kappa shape index (κ2) is 4.87. The smallest absolute Gasteiger partial charge is 0.391 e. The van der Waals surface area contributed by atoms with Crippen LogP contribution in [-0.4, -0.2) is 42.1 Å². The van der Waals surface area contributed by atoms with Gasteiger partial charge in [-0.1, -0.05) is 30.3 Å². The number of aliphatic hydroxyl groups excluding tert-OH is 1. The zero-order valence-corrected chi connectivity index (χ0v) is 8.63. The maximum atomic E-state index is 9.84. The van der Waals surface area contributed by atoms with Crippen molar-refractivity contribution in [3.8, 4) is 0 Å². The molecular formula is C12H15N2O+. The molecule has 1 aliphatic heterocycles. The molecule has 0 amide bonds. The summed E-state index contributed by atoms with van der Waals surface area (Å²) < 4.78 is 0. The highest BCUT2D eigenvalue weighted by Gasteiger charge is 2.23. The minimum atomic E-state index is -0.340. The first kappa shape index (κ1) is 10.1. The highest BCUT2D eigenvalue weighted by molar-refractivity contribution is 5.57.